The van der Waals surface area contributed by atoms with Gasteiger partial charge in [-0.15, -0.1) is 0 Å². The highest BCUT2D eigenvalue weighted by atomic mass is 16.8. The SMILES string of the molecule is C=C1C(OC2C(=O)OC(C)(C)OC2=O)CC2CC1C2(C)C. The van der Waals surface area contributed by atoms with E-state index >= 15 is 0 Å². The molecule has 4 rings (SSSR count). The van der Waals surface area contributed by atoms with Gasteiger partial charge in [-0.2, -0.15) is 0 Å². The van der Waals surface area contributed by atoms with Crippen LogP contribution in [0, 0.1) is 17.3 Å². The molecule has 3 saturated carbocycles. The first-order chi connectivity index (χ1) is 9.62. The van der Waals surface area contributed by atoms with Crippen molar-refractivity contribution in [2.75, 3.05) is 0 Å². The summed E-state index contributed by atoms with van der Waals surface area (Å²) in [6, 6.07) is 0. The molecule has 3 aliphatic carbocycles. The first kappa shape index (κ1) is 14.6. The van der Waals surface area contributed by atoms with Crippen molar-refractivity contribution in [1.82, 2.24) is 0 Å². The zero-order chi connectivity index (χ0) is 15.6. The largest absolute Gasteiger partial charge is 0.421 e. The molecular weight excluding hydrogens is 272 g/mol. The maximum Gasteiger partial charge on any atom is 0.350 e. The number of rotatable bonds is 2. The highest BCUT2D eigenvalue weighted by molar-refractivity contribution is 5.99. The normalized spacial score (nSPS) is 37.5. The fourth-order valence-electron chi connectivity index (χ4n) is 3.81. The molecule has 3 atom stereocenters. The molecule has 21 heavy (non-hydrogen) atoms. The lowest BCUT2D eigenvalue weighted by molar-refractivity contribution is -0.253. The van der Waals surface area contributed by atoms with Crippen molar-refractivity contribution in [1.29, 1.82) is 0 Å². The molecular formula is C16H22O5. The molecule has 1 heterocycles. The van der Waals surface area contributed by atoms with Crippen LogP contribution in [0.2, 0.25) is 0 Å². The molecule has 0 N–H and O–H groups in total. The fraction of sp³-hybridized carbons (Fsp3) is 0.750. The second-order valence-corrected chi connectivity index (χ2v) is 7.36. The van der Waals surface area contributed by atoms with Gasteiger partial charge in [0.15, 0.2) is 0 Å². The van der Waals surface area contributed by atoms with E-state index in [1.807, 2.05) is 0 Å². The lowest BCUT2D eigenvalue weighted by Crippen LogP contribution is -2.57. The third-order valence-corrected chi connectivity index (χ3v) is 5.25. The van der Waals surface area contributed by atoms with Crippen molar-refractivity contribution in [3.05, 3.63) is 12.2 Å². The quantitative estimate of drug-likeness (QED) is 0.444. The van der Waals surface area contributed by atoms with Gasteiger partial charge >= 0.3 is 11.9 Å². The third kappa shape index (κ3) is 2.18. The second kappa shape index (κ2) is 4.32. The summed E-state index contributed by atoms with van der Waals surface area (Å²) in [5.41, 5.74) is 1.22. The van der Waals surface area contributed by atoms with Gasteiger partial charge in [-0.25, -0.2) is 9.59 Å². The predicted octanol–water partition coefficient (Wildman–Crippen LogP) is 2.20. The Morgan fingerprint density at radius 1 is 1.10 bits per heavy atom. The van der Waals surface area contributed by atoms with Gasteiger partial charge in [0.05, 0.1) is 6.10 Å². The van der Waals surface area contributed by atoms with E-state index in [2.05, 4.69) is 20.4 Å². The Morgan fingerprint density at radius 2 is 1.67 bits per heavy atom. The number of hydrogen-bond acceptors (Lipinski definition) is 5. The summed E-state index contributed by atoms with van der Waals surface area (Å²) in [7, 11) is 0. The van der Waals surface area contributed by atoms with Gasteiger partial charge in [0.1, 0.15) is 0 Å². The van der Waals surface area contributed by atoms with Crippen molar-refractivity contribution in [2.24, 2.45) is 17.3 Å². The first-order valence-corrected chi connectivity index (χ1v) is 7.41. The maximum atomic E-state index is 11.9. The van der Waals surface area contributed by atoms with Gasteiger partial charge in [-0.3, -0.25) is 0 Å². The molecule has 5 nitrogen and oxygen atoms in total. The summed E-state index contributed by atoms with van der Waals surface area (Å²) in [4.78, 5) is 23.9. The molecule has 0 radical (unpaired) electrons. The highest BCUT2D eigenvalue weighted by Crippen LogP contribution is 2.61. The van der Waals surface area contributed by atoms with E-state index in [0.717, 1.165) is 18.4 Å². The van der Waals surface area contributed by atoms with Crippen molar-refractivity contribution in [3.8, 4) is 0 Å². The Bertz CT molecular complexity index is 499. The maximum absolute atomic E-state index is 11.9. The van der Waals surface area contributed by atoms with Crippen LogP contribution in [0.3, 0.4) is 0 Å². The van der Waals surface area contributed by atoms with E-state index in [-0.39, 0.29) is 11.5 Å². The summed E-state index contributed by atoms with van der Waals surface area (Å²) in [5, 5.41) is 0. The van der Waals surface area contributed by atoms with Crippen LogP contribution in [0.5, 0.6) is 0 Å². The summed E-state index contributed by atoms with van der Waals surface area (Å²) in [6.45, 7) is 11.6. The zero-order valence-electron chi connectivity index (χ0n) is 13.0. The van der Waals surface area contributed by atoms with Crippen LogP contribution in [0.1, 0.15) is 40.5 Å². The number of hydrogen-bond donors (Lipinski definition) is 0. The van der Waals surface area contributed by atoms with Crippen LogP contribution in [0.4, 0.5) is 0 Å². The number of fused-ring (bicyclic) bond motifs is 2. The molecule has 0 aromatic heterocycles. The monoisotopic (exact) mass is 294 g/mol. The van der Waals surface area contributed by atoms with Crippen LogP contribution in [-0.4, -0.2) is 29.9 Å². The highest BCUT2D eigenvalue weighted by Gasteiger charge is 2.56. The number of carbonyl (C=O) groups is 2. The number of carbonyl (C=O) groups excluding carboxylic acids is 2. The lowest BCUT2D eigenvalue weighted by atomic mass is 9.47. The van der Waals surface area contributed by atoms with Crippen LogP contribution < -0.4 is 0 Å². The molecule has 3 unspecified atom stereocenters. The van der Waals surface area contributed by atoms with E-state index in [9.17, 15) is 9.59 Å². The topological polar surface area (TPSA) is 61.8 Å². The molecule has 116 valence electrons. The molecule has 5 heteroatoms. The number of esters is 2. The van der Waals surface area contributed by atoms with Crippen LogP contribution >= 0.6 is 0 Å². The Kier molecular flexibility index (Phi) is 3.00. The first-order valence-electron chi connectivity index (χ1n) is 7.41. The number of cyclic esters (lactones) is 2. The molecule has 0 aromatic carbocycles. The van der Waals surface area contributed by atoms with Crippen molar-refractivity contribution in [3.63, 3.8) is 0 Å². The molecule has 4 fully saturated rings. The summed E-state index contributed by atoms with van der Waals surface area (Å²) < 4.78 is 15.9. The van der Waals surface area contributed by atoms with E-state index in [4.69, 9.17) is 14.2 Å². The van der Waals surface area contributed by atoms with Gasteiger partial charge in [0, 0.05) is 13.8 Å². The van der Waals surface area contributed by atoms with Crippen LogP contribution in [-0.2, 0) is 23.8 Å². The molecule has 4 aliphatic rings. The number of ether oxygens (including phenoxy) is 3. The van der Waals surface area contributed by atoms with Gasteiger partial charge in [0.25, 0.3) is 11.9 Å². The average molecular weight is 294 g/mol. The van der Waals surface area contributed by atoms with Crippen LogP contribution in [0.15, 0.2) is 12.2 Å². The summed E-state index contributed by atoms with van der Waals surface area (Å²) in [5.74, 6) is -1.63. The minimum Gasteiger partial charge on any atom is -0.421 e. The Morgan fingerprint density at radius 3 is 2.14 bits per heavy atom. The molecule has 0 spiro atoms. The molecule has 2 bridgehead atoms. The Labute approximate surface area is 124 Å². The lowest BCUT2D eigenvalue weighted by Gasteiger charge is -2.59. The Balaban J connectivity index is 1.70. The van der Waals surface area contributed by atoms with Gasteiger partial charge in [0.2, 0.25) is 0 Å². The fourth-order valence-corrected chi connectivity index (χ4v) is 3.81. The molecule has 1 saturated heterocycles. The standard InChI is InChI=1S/C16H22O5/c1-8-10-6-9(15(10,2)3)7-11(8)19-12-13(17)20-16(4,5)21-14(12)18/h9-12H,1,6-7H2,2-5H3. The van der Waals surface area contributed by atoms with Gasteiger partial charge in [-0.1, -0.05) is 20.4 Å². The summed E-state index contributed by atoms with van der Waals surface area (Å²) in [6.07, 6.45) is 0.356. The van der Waals surface area contributed by atoms with Gasteiger partial charge < -0.3 is 14.2 Å². The molecule has 1 aliphatic heterocycles. The van der Waals surface area contributed by atoms with E-state index in [0.29, 0.717) is 11.8 Å². The average Bonchev–Trinajstić information content (AvgIpc) is 2.33. The second-order valence-electron chi connectivity index (χ2n) is 7.36. The van der Waals surface area contributed by atoms with Crippen molar-refractivity contribution in [2.45, 2.75) is 58.5 Å². The minimum absolute atomic E-state index is 0.243. The third-order valence-electron chi connectivity index (χ3n) is 5.25. The van der Waals surface area contributed by atoms with Gasteiger partial charge in [-0.05, 0) is 35.7 Å². The van der Waals surface area contributed by atoms with E-state index < -0.39 is 23.8 Å². The predicted molar refractivity (Wildman–Crippen MR) is 74.1 cm³/mol. The summed E-state index contributed by atoms with van der Waals surface area (Å²) >= 11 is 0. The zero-order valence-corrected chi connectivity index (χ0v) is 13.0. The van der Waals surface area contributed by atoms with E-state index in [1.54, 1.807) is 0 Å². The molecule has 0 amide bonds. The van der Waals surface area contributed by atoms with Crippen molar-refractivity contribution >= 4 is 11.9 Å². The Hall–Kier alpha value is -1.36. The van der Waals surface area contributed by atoms with Crippen LogP contribution in [0.25, 0.3) is 0 Å². The smallest absolute Gasteiger partial charge is 0.350 e. The minimum atomic E-state index is -1.29. The van der Waals surface area contributed by atoms with E-state index in [1.165, 1.54) is 13.8 Å². The van der Waals surface area contributed by atoms with Crippen molar-refractivity contribution < 1.29 is 23.8 Å². The molecule has 0 aromatic rings.